The van der Waals surface area contributed by atoms with Crippen molar-refractivity contribution < 1.29 is 0 Å². The molecule has 2 N–H and O–H groups in total. The predicted octanol–water partition coefficient (Wildman–Crippen LogP) is 4.08. The molecule has 5 nitrogen and oxygen atoms in total. The van der Waals surface area contributed by atoms with E-state index < -0.39 is 0 Å². The zero-order valence-electron chi connectivity index (χ0n) is 19.0. The van der Waals surface area contributed by atoms with E-state index in [1.807, 2.05) is 7.05 Å². The summed E-state index contributed by atoms with van der Waals surface area (Å²) in [4.78, 5) is 9.54. The van der Waals surface area contributed by atoms with Crippen molar-refractivity contribution in [2.45, 2.75) is 58.5 Å². The summed E-state index contributed by atoms with van der Waals surface area (Å²) in [5, 5.41) is 6.90. The van der Waals surface area contributed by atoms with Crippen LogP contribution in [0.3, 0.4) is 0 Å². The van der Waals surface area contributed by atoms with E-state index >= 15 is 0 Å². The molecule has 0 aromatic heterocycles. The number of benzene rings is 1. The summed E-state index contributed by atoms with van der Waals surface area (Å²) in [6, 6.07) is 9.02. The lowest BCUT2D eigenvalue weighted by Gasteiger charge is -2.30. The van der Waals surface area contributed by atoms with Crippen LogP contribution in [0.5, 0.6) is 0 Å². The first-order valence-electron chi connectivity index (χ1n) is 11.7. The quantitative estimate of drug-likeness (QED) is 0.220. The summed E-state index contributed by atoms with van der Waals surface area (Å²) in [6.45, 7) is 11.6. The highest BCUT2D eigenvalue weighted by atomic mass is 127. The van der Waals surface area contributed by atoms with Gasteiger partial charge in [-0.2, -0.15) is 0 Å². The third kappa shape index (κ3) is 9.10. The predicted molar refractivity (Wildman–Crippen MR) is 139 cm³/mol. The van der Waals surface area contributed by atoms with Crippen molar-refractivity contribution >= 4 is 29.9 Å². The number of likely N-dealkylation sites (tertiary alicyclic amines) is 2. The Labute approximate surface area is 201 Å². The van der Waals surface area contributed by atoms with Gasteiger partial charge in [-0.25, -0.2) is 0 Å². The fourth-order valence-electron chi connectivity index (χ4n) is 4.52. The van der Waals surface area contributed by atoms with Crippen molar-refractivity contribution in [2.24, 2.45) is 10.9 Å². The minimum atomic E-state index is 0. The van der Waals surface area contributed by atoms with Crippen molar-refractivity contribution in [3.8, 4) is 0 Å². The second-order valence-corrected chi connectivity index (χ2v) is 8.91. The first-order chi connectivity index (χ1) is 14.2. The standard InChI is InChI=1S/C24H41N5.HI/c1-21-8-7-17-28(19-21)14-4-3-13-26-24(25-2)27-18-22-9-11-23(12-10-22)20-29-15-5-6-16-29;/h9-12,21H,3-8,13-20H2,1-2H3,(H2,25,26,27);1H. The van der Waals surface area contributed by atoms with Gasteiger partial charge in [-0.05, 0) is 81.7 Å². The maximum Gasteiger partial charge on any atom is 0.191 e. The maximum atomic E-state index is 4.36. The van der Waals surface area contributed by atoms with E-state index in [-0.39, 0.29) is 24.0 Å². The van der Waals surface area contributed by atoms with Gasteiger partial charge in [-0.15, -0.1) is 24.0 Å². The van der Waals surface area contributed by atoms with E-state index in [1.165, 1.54) is 82.4 Å². The summed E-state index contributed by atoms with van der Waals surface area (Å²) >= 11 is 0. The topological polar surface area (TPSA) is 42.9 Å². The Morgan fingerprint density at radius 1 is 0.967 bits per heavy atom. The molecule has 3 rings (SSSR count). The summed E-state index contributed by atoms with van der Waals surface area (Å²) in [5.41, 5.74) is 2.72. The molecule has 1 unspecified atom stereocenters. The Balaban J connectivity index is 0.00000320. The molecule has 0 spiro atoms. The van der Waals surface area contributed by atoms with Crippen LogP contribution in [-0.2, 0) is 13.1 Å². The number of hydrogen-bond acceptors (Lipinski definition) is 3. The first kappa shape index (κ1) is 25.4. The van der Waals surface area contributed by atoms with E-state index in [0.29, 0.717) is 0 Å². The molecule has 170 valence electrons. The van der Waals surface area contributed by atoms with Crippen LogP contribution in [0.25, 0.3) is 0 Å². The molecule has 1 aromatic rings. The highest BCUT2D eigenvalue weighted by molar-refractivity contribution is 14.0. The largest absolute Gasteiger partial charge is 0.356 e. The van der Waals surface area contributed by atoms with Crippen LogP contribution in [0.4, 0.5) is 0 Å². The Bertz CT molecular complexity index is 613. The monoisotopic (exact) mass is 527 g/mol. The second kappa shape index (κ2) is 14.2. The van der Waals surface area contributed by atoms with Crippen LogP contribution >= 0.6 is 24.0 Å². The molecule has 30 heavy (non-hydrogen) atoms. The zero-order valence-corrected chi connectivity index (χ0v) is 21.4. The van der Waals surface area contributed by atoms with Gasteiger partial charge in [0.05, 0.1) is 0 Å². The third-order valence-corrected chi connectivity index (χ3v) is 6.25. The van der Waals surface area contributed by atoms with Crippen molar-refractivity contribution in [3.05, 3.63) is 35.4 Å². The van der Waals surface area contributed by atoms with Gasteiger partial charge in [0.25, 0.3) is 0 Å². The molecule has 1 atom stereocenters. The molecule has 2 aliphatic heterocycles. The Kier molecular flexibility index (Phi) is 12.1. The van der Waals surface area contributed by atoms with Gasteiger partial charge in [0.15, 0.2) is 5.96 Å². The number of unbranched alkanes of at least 4 members (excludes halogenated alkanes) is 1. The normalized spacial score (nSPS) is 20.7. The summed E-state index contributed by atoms with van der Waals surface area (Å²) < 4.78 is 0. The fraction of sp³-hybridized carbons (Fsp3) is 0.708. The smallest absolute Gasteiger partial charge is 0.191 e. The van der Waals surface area contributed by atoms with Crippen LogP contribution in [-0.4, -0.2) is 62.1 Å². The molecule has 0 saturated carbocycles. The molecule has 2 aliphatic rings. The summed E-state index contributed by atoms with van der Waals surface area (Å²) in [7, 11) is 1.85. The Morgan fingerprint density at radius 2 is 1.67 bits per heavy atom. The Morgan fingerprint density at radius 3 is 2.37 bits per heavy atom. The van der Waals surface area contributed by atoms with Gasteiger partial charge in [-0.1, -0.05) is 31.2 Å². The summed E-state index contributed by atoms with van der Waals surface area (Å²) in [6.07, 6.45) is 7.93. The van der Waals surface area contributed by atoms with Gasteiger partial charge in [0.1, 0.15) is 0 Å². The van der Waals surface area contributed by atoms with Crippen LogP contribution in [0.15, 0.2) is 29.3 Å². The van der Waals surface area contributed by atoms with Crippen LogP contribution in [0, 0.1) is 5.92 Å². The number of hydrogen-bond donors (Lipinski definition) is 2. The molecule has 0 amide bonds. The molecule has 2 saturated heterocycles. The lowest BCUT2D eigenvalue weighted by Crippen LogP contribution is -2.38. The Hall–Kier alpha value is -0.860. The third-order valence-electron chi connectivity index (χ3n) is 6.25. The minimum absolute atomic E-state index is 0. The van der Waals surface area contributed by atoms with E-state index in [4.69, 9.17) is 0 Å². The molecule has 0 bridgehead atoms. The highest BCUT2D eigenvalue weighted by Gasteiger charge is 2.15. The number of nitrogens with one attached hydrogen (secondary N) is 2. The van der Waals surface area contributed by atoms with Gasteiger partial charge < -0.3 is 15.5 Å². The molecule has 2 heterocycles. The highest BCUT2D eigenvalue weighted by Crippen LogP contribution is 2.15. The van der Waals surface area contributed by atoms with Gasteiger partial charge in [-0.3, -0.25) is 9.89 Å². The maximum absolute atomic E-state index is 4.36. The van der Waals surface area contributed by atoms with Crippen LogP contribution in [0.2, 0.25) is 0 Å². The van der Waals surface area contributed by atoms with E-state index in [0.717, 1.165) is 31.5 Å². The van der Waals surface area contributed by atoms with E-state index in [1.54, 1.807) is 0 Å². The van der Waals surface area contributed by atoms with Gasteiger partial charge in [0, 0.05) is 33.2 Å². The van der Waals surface area contributed by atoms with Crippen molar-refractivity contribution in [1.29, 1.82) is 0 Å². The molecule has 6 heteroatoms. The molecule has 1 aromatic carbocycles. The minimum Gasteiger partial charge on any atom is -0.356 e. The van der Waals surface area contributed by atoms with E-state index in [9.17, 15) is 0 Å². The molecule has 0 aliphatic carbocycles. The second-order valence-electron chi connectivity index (χ2n) is 8.91. The molecule has 0 radical (unpaired) electrons. The van der Waals surface area contributed by atoms with E-state index in [2.05, 4.69) is 56.6 Å². The summed E-state index contributed by atoms with van der Waals surface area (Å²) in [5.74, 6) is 1.77. The zero-order chi connectivity index (χ0) is 20.3. The average Bonchev–Trinajstić information content (AvgIpc) is 3.24. The van der Waals surface area contributed by atoms with Crippen molar-refractivity contribution in [2.75, 3.05) is 46.3 Å². The first-order valence-corrected chi connectivity index (χ1v) is 11.7. The average molecular weight is 528 g/mol. The molecule has 2 fully saturated rings. The SMILES string of the molecule is CN=C(NCCCCN1CCCC(C)C1)NCc1ccc(CN2CCCC2)cc1.I. The number of rotatable bonds is 9. The molecular formula is C24H42IN5. The number of nitrogens with zero attached hydrogens (tertiary/aromatic N) is 3. The number of piperidine rings is 1. The van der Waals surface area contributed by atoms with Gasteiger partial charge in [0.2, 0.25) is 0 Å². The van der Waals surface area contributed by atoms with Gasteiger partial charge >= 0.3 is 0 Å². The fourth-order valence-corrected chi connectivity index (χ4v) is 4.52. The number of guanidine groups is 1. The lowest BCUT2D eigenvalue weighted by atomic mass is 10.0. The van der Waals surface area contributed by atoms with Crippen molar-refractivity contribution in [1.82, 2.24) is 20.4 Å². The van der Waals surface area contributed by atoms with Crippen LogP contribution in [0.1, 0.15) is 56.6 Å². The number of aliphatic imine (C=N–C) groups is 1. The van der Waals surface area contributed by atoms with Crippen LogP contribution < -0.4 is 10.6 Å². The lowest BCUT2D eigenvalue weighted by molar-refractivity contribution is 0.181. The molecular weight excluding hydrogens is 485 g/mol. The van der Waals surface area contributed by atoms with Crippen molar-refractivity contribution in [3.63, 3.8) is 0 Å². The number of halogens is 1.